The molecule has 0 saturated heterocycles. The lowest BCUT2D eigenvalue weighted by atomic mass is 10.1. The summed E-state index contributed by atoms with van der Waals surface area (Å²) in [5.41, 5.74) is 6.63. The van der Waals surface area contributed by atoms with Crippen LogP contribution in [0.5, 0.6) is 0 Å². The van der Waals surface area contributed by atoms with E-state index >= 15 is 0 Å². The van der Waals surface area contributed by atoms with Crippen molar-refractivity contribution in [2.24, 2.45) is 5.73 Å². The number of hydrogen-bond acceptors (Lipinski definition) is 2. The quantitative estimate of drug-likeness (QED) is 0.872. The molecule has 0 aliphatic heterocycles. The van der Waals surface area contributed by atoms with E-state index < -0.39 is 6.04 Å². The van der Waals surface area contributed by atoms with Crippen LogP contribution in [0.1, 0.15) is 23.1 Å². The first-order valence-corrected chi connectivity index (χ1v) is 5.22. The molecule has 4 heteroatoms. The van der Waals surface area contributed by atoms with Gasteiger partial charge in [-0.05, 0) is 36.8 Å². The van der Waals surface area contributed by atoms with Crippen LogP contribution in [0.2, 0.25) is 5.02 Å². The van der Waals surface area contributed by atoms with E-state index in [1.807, 2.05) is 13.0 Å². The van der Waals surface area contributed by atoms with Crippen LogP contribution in [-0.4, -0.2) is 0 Å². The van der Waals surface area contributed by atoms with Crippen LogP contribution in [0.4, 0.5) is 4.39 Å². The highest BCUT2D eigenvalue weighted by molar-refractivity contribution is 6.31. The fourth-order valence-corrected chi connectivity index (χ4v) is 1.81. The summed E-state index contributed by atoms with van der Waals surface area (Å²) >= 11 is 5.92. The van der Waals surface area contributed by atoms with Crippen LogP contribution in [0.25, 0.3) is 0 Å². The van der Waals surface area contributed by atoms with E-state index in [4.69, 9.17) is 21.8 Å². The molecular formula is C12H11ClFNO. The average Bonchev–Trinajstić information content (AvgIpc) is 2.64. The highest BCUT2D eigenvalue weighted by Gasteiger charge is 2.15. The number of furan rings is 1. The monoisotopic (exact) mass is 239 g/mol. The molecule has 1 aromatic heterocycles. The third-order valence-electron chi connectivity index (χ3n) is 2.37. The molecule has 0 spiro atoms. The second-order valence-electron chi connectivity index (χ2n) is 3.59. The van der Waals surface area contributed by atoms with Crippen LogP contribution in [-0.2, 0) is 0 Å². The van der Waals surface area contributed by atoms with Gasteiger partial charge in [-0.3, -0.25) is 0 Å². The van der Waals surface area contributed by atoms with Gasteiger partial charge in [-0.25, -0.2) is 4.39 Å². The Labute approximate surface area is 97.8 Å². The van der Waals surface area contributed by atoms with Crippen molar-refractivity contribution < 1.29 is 8.81 Å². The summed E-state index contributed by atoms with van der Waals surface area (Å²) in [4.78, 5) is 0. The molecule has 0 aliphatic rings. The van der Waals surface area contributed by atoms with Gasteiger partial charge in [0.05, 0.1) is 6.04 Å². The zero-order valence-electron chi connectivity index (χ0n) is 8.71. The van der Waals surface area contributed by atoms with Crippen LogP contribution >= 0.6 is 11.6 Å². The highest BCUT2D eigenvalue weighted by atomic mass is 35.5. The van der Waals surface area contributed by atoms with Gasteiger partial charge in [-0.15, -0.1) is 0 Å². The van der Waals surface area contributed by atoms with E-state index in [1.54, 1.807) is 12.1 Å². The average molecular weight is 240 g/mol. The largest absolute Gasteiger partial charge is 0.464 e. The Morgan fingerprint density at radius 1 is 1.31 bits per heavy atom. The Morgan fingerprint density at radius 3 is 2.62 bits per heavy atom. The summed E-state index contributed by atoms with van der Waals surface area (Å²) in [7, 11) is 0. The summed E-state index contributed by atoms with van der Waals surface area (Å²) in [5, 5.41) is 0.307. The maximum Gasteiger partial charge on any atom is 0.125 e. The van der Waals surface area contributed by atoms with E-state index in [0.717, 1.165) is 5.76 Å². The lowest BCUT2D eigenvalue weighted by Gasteiger charge is -2.11. The van der Waals surface area contributed by atoms with E-state index in [2.05, 4.69) is 0 Å². The summed E-state index contributed by atoms with van der Waals surface area (Å²) in [6.07, 6.45) is 0. The van der Waals surface area contributed by atoms with Gasteiger partial charge < -0.3 is 10.2 Å². The van der Waals surface area contributed by atoms with Crippen molar-refractivity contribution in [2.75, 3.05) is 0 Å². The molecule has 1 unspecified atom stereocenters. The Kier molecular flexibility index (Phi) is 2.99. The van der Waals surface area contributed by atoms with Crippen molar-refractivity contribution in [2.45, 2.75) is 13.0 Å². The number of benzene rings is 1. The minimum atomic E-state index is -0.471. The Morgan fingerprint density at radius 2 is 2.06 bits per heavy atom. The number of rotatable bonds is 2. The second kappa shape index (κ2) is 4.28. The molecular weight excluding hydrogens is 229 g/mol. The first kappa shape index (κ1) is 11.2. The Hall–Kier alpha value is -1.32. The molecule has 2 N–H and O–H groups in total. The maximum absolute atomic E-state index is 12.9. The Bertz CT molecular complexity index is 509. The third kappa shape index (κ3) is 2.10. The molecule has 0 fully saturated rings. The van der Waals surface area contributed by atoms with Crippen molar-refractivity contribution in [3.63, 3.8) is 0 Å². The number of halogens is 2. The van der Waals surface area contributed by atoms with Gasteiger partial charge in [-0.1, -0.05) is 17.7 Å². The van der Waals surface area contributed by atoms with Gasteiger partial charge in [0.15, 0.2) is 0 Å². The SMILES string of the molecule is Cc1ccc(C(N)c2ccc(F)cc2Cl)o1. The first-order valence-electron chi connectivity index (χ1n) is 4.85. The second-order valence-corrected chi connectivity index (χ2v) is 4.00. The normalized spacial score (nSPS) is 12.8. The van der Waals surface area contributed by atoms with Gasteiger partial charge in [0.1, 0.15) is 17.3 Å². The van der Waals surface area contributed by atoms with Gasteiger partial charge >= 0.3 is 0 Å². The molecule has 2 nitrogen and oxygen atoms in total. The summed E-state index contributed by atoms with van der Waals surface area (Å²) < 4.78 is 18.3. The van der Waals surface area contributed by atoms with Gasteiger partial charge in [0, 0.05) is 5.02 Å². The van der Waals surface area contributed by atoms with E-state index in [0.29, 0.717) is 16.3 Å². The van der Waals surface area contributed by atoms with Crippen molar-refractivity contribution in [3.05, 3.63) is 58.3 Å². The number of nitrogens with two attached hydrogens (primary N) is 1. The van der Waals surface area contributed by atoms with Crippen molar-refractivity contribution >= 4 is 11.6 Å². The minimum Gasteiger partial charge on any atom is -0.464 e. The lowest BCUT2D eigenvalue weighted by molar-refractivity contribution is 0.466. The molecule has 0 amide bonds. The van der Waals surface area contributed by atoms with Gasteiger partial charge in [0.25, 0.3) is 0 Å². The zero-order chi connectivity index (χ0) is 11.7. The first-order chi connectivity index (χ1) is 7.58. The summed E-state index contributed by atoms with van der Waals surface area (Å²) in [6.45, 7) is 1.84. The summed E-state index contributed by atoms with van der Waals surface area (Å²) in [5.74, 6) is 1.02. The maximum atomic E-state index is 12.9. The molecule has 0 bridgehead atoms. The van der Waals surface area contributed by atoms with Gasteiger partial charge in [-0.2, -0.15) is 0 Å². The van der Waals surface area contributed by atoms with Crippen LogP contribution < -0.4 is 5.73 Å². The molecule has 1 heterocycles. The van der Waals surface area contributed by atoms with Gasteiger partial charge in [0.2, 0.25) is 0 Å². The van der Waals surface area contributed by atoms with Crippen molar-refractivity contribution in [1.82, 2.24) is 0 Å². The molecule has 0 radical (unpaired) electrons. The molecule has 1 atom stereocenters. The molecule has 0 saturated carbocycles. The third-order valence-corrected chi connectivity index (χ3v) is 2.69. The number of hydrogen-bond donors (Lipinski definition) is 1. The number of aryl methyl sites for hydroxylation is 1. The van der Waals surface area contributed by atoms with E-state index in [1.165, 1.54) is 12.1 Å². The molecule has 2 aromatic rings. The van der Waals surface area contributed by atoms with E-state index in [-0.39, 0.29) is 5.82 Å². The molecule has 1 aromatic carbocycles. The van der Waals surface area contributed by atoms with Crippen molar-refractivity contribution in [1.29, 1.82) is 0 Å². The summed E-state index contributed by atoms with van der Waals surface area (Å²) in [6, 6.07) is 7.29. The van der Waals surface area contributed by atoms with E-state index in [9.17, 15) is 4.39 Å². The van der Waals surface area contributed by atoms with Crippen LogP contribution in [0.15, 0.2) is 34.7 Å². The fourth-order valence-electron chi connectivity index (χ4n) is 1.53. The van der Waals surface area contributed by atoms with Crippen LogP contribution in [0, 0.1) is 12.7 Å². The zero-order valence-corrected chi connectivity index (χ0v) is 9.46. The molecule has 16 heavy (non-hydrogen) atoms. The molecule has 0 aliphatic carbocycles. The standard InChI is InChI=1S/C12H11ClFNO/c1-7-2-5-11(16-7)12(15)9-4-3-8(14)6-10(9)13/h2-6,12H,15H2,1H3. The smallest absolute Gasteiger partial charge is 0.125 e. The molecule has 84 valence electrons. The predicted octanol–water partition coefficient (Wildman–Crippen LogP) is 3.43. The topological polar surface area (TPSA) is 39.2 Å². The Balaban J connectivity index is 2.37. The minimum absolute atomic E-state index is 0.307. The van der Waals surface area contributed by atoms with Crippen molar-refractivity contribution in [3.8, 4) is 0 Å². The molecule has 2 rings (SSSR count). The van der Waals surface area contributed by atoms with Crippen LogP contribution in [0.3, 0.4) is 0 Å². The predicted molar refractivity (Wildman–Crippen MR) is 60.9 cm³/mol. The highest BCUT2D eigenvalue weighted by Crippen LogP contribution is 2.27. The fraction of sp³-hybridized carbons (Fsp3) is 0.167. The lowest BCUT2D eigenvalue weighted by Crippen LogP contribution is -2.11.